The number of aromatic amines is 1. The van der Waals surface area contributed by atoms with Gasteiger partial charge in [0.15, 0.2) is 5.88 Å². The number of halogens is 2. The second-order valence-corrected chi connectivity index (χ2v) is 6.50. The molecule has 3 N–H and O–H groups in total. The first-order valence-corrected chi connectivity index (χ1v) is 8.85. The van der Waals surface area contributed by atoms with Crippen LogP contribution in [0.2, 0.25) is 0 Å². The van der Waals surface area contributed by atoms with Crippen LogP contribution in [-0.4, -0.2) is 26.3 Å². The fourth-order valence-electron chi connectivity index (χ4n) is 2.87. The van der Waals surface area contributed by atoms with E-state index < -0.39 is 11.6 Å². The SMILES string of the molecule is Cc1cnc(CNc2ccc(N=Cc3c(O)[nH]c4cc(F)ccc34)cc2F)cn1. The smallest absolute Gasteiger partial charge is 0.198 e. The molecule has 4 rings (SSSR count). The molecule has 6 nitrogen and oxygen atoms in total. The van der Waals surface area contributed by atoms with E-state index in [0.29, 0.717) is 40.1 Å². The lowest BCUT2D eigenvalue weighted by molar-refractivity contribution is 0.457. The summed E-state index contributed by atoms with van der Waals surface area (Å²) in [6, 6.07) is 8.63. The number of aliphatic imine (C=N–C) groups is 1. The van der Waals surface area contributed by atoms with E-state index in [1.807, 2.05) is 6.92 Å². The number of fused-ring (bicyclic) bond motifs is 1. The van der Waals surface area contributed by atoms with Crippen LogP contribution < -0.4 is 5.32 Å². The van der Waals surface area contributed by atoms with Crippen molar-refractivity contribution < 1.29 is 13.9 Å². The van der Waals surface area contributed by atoms with Gasteiger partial charge in [0.25, 0.3) is 0 Å². The molecular weight excluding hydrogens is 376 g/mol. The van der Waals surface area contributed by atoms with Crippen LogP contribution in [0.4, 0.5) is 20.2 Å². The highest BCUT2D eigenvalue weighted by atomic mass is 19.1. The number of hydrogen-bond acceptors (Lipinski definition) is 5. The van der Waals surface area contributed by atoms with Crippen LogP contribution in [0, 0.1) is 18.6 Å². The van der Waals surface area contributed by atoms with Gasteiger partial charge >= 0.3 is 0 Å². The van der Waals surface area contributed by atoms with E-state index in [1.165, 1.54) is 24.4 Å². The van der Waals surface area contributed by atoms with Crippen LogP contribution in [0.5, 0.6) is 5.88 Å². The first-order chi connectivity index (χ1) is 14.0. The summed E-state index contributed by atoms with van der Waals surface area (Å²) in [5.74, 6) is -1.01. The van der Waals surface area contributed by atoms with Crippen molar-refractivity contribution in [1.29, 1.82) is 0 Å². The van der Waals surface area contributed by atoms with Crippen molar-refractivity contribution in [3.63, 3.8) is 0 Å². The number of aromatic hydroxyl groups is 1. The number of hydrogen-bond donors (Lipinski definition) is 3. The predicted molar refractivity (Wildman–Crippen MR) is 108 cm³/mol. The van der Waals surface area contributed by atoms with Gasteiger partial charge in [-0.05, 0) is 37.3 Å². The van der Waals surface area contributed by atoms with Gasteiger partial charge in [-0.3, -0.25) is 15.0 Å². The van der Waals surface area contributed by atoms with Crippen LogP contribution in [0.1, 0.15) is 17.0 Å². The third-order valence-corrected chi connectivity index (χ3v) is 4.37. The third-order valence-electron chi connectivity index (χ3n) is 4.37. The molecule has 0 spiro atoms. The summed E-state index contributed by atoms with van der Waals surface area (Å²) in [6.07, 6.45) is 4.70. The zero-order valence-corrected chi connectivity index (χ0v) is 15.4. The van der Waals surface area contributed by atoms with Gasteiger partial charge in [-0.15, -0.1) is 0 Å². The summed E-state index contributed by atoms with van der Waals surface area (Å²) in [5, 5.41) is 13.6. The fourth-order valence-corrected chi connectivity index (χ4v) is 2.87. The largest absolute Gasteiger partial charge is 0.494 e. The van der Waals surface area contributed by atoms with Crippen molar-refractivity contribution in [2.45, 2.75) is 13.5 Å². The van der Waals surface area contributed by atoms with Crippen LogP contribution >= 0.6 is 0 Å². The summed E-state index contributed by atoms with van der Waals surface area (Å²) in [7, 11) is 0. The number of aromatic nitrogens is 3. The van der Waals surface area contributed by atoms with E-state index in [-0.39, 0.29) is 5.88 Å². The topological polar surface area (TPSA) is 86.2 Å². The van der Waals surface area contributed by atoms with Gasteiger partial charge in [-0.25, -0.2) is 8.78 Å². The molecule has 0 aliphatic carbocycles. The van der Waals surface area contributed by atoms with Crippen LogP contribution in [-0.2, 0) is 6.54 Å². The van der Waals surface area contributed by atoms with Gasteiger partial charge in [-0.2, -0.15) is 0 Å². The van der Waals surface area contributed by atoms with Gasteiger partial charge in [0.05, 0.1) is 46.6 Å². The summed E-state index contributed by atoms with van der Waals surface area (Å²) < 4.78 is 27.7. The average molecular weight is 393 g/mol. The minimum atomic E-state index is -0.468. The van der Waals surface area contributed by atoms with E-state index in [4.69, 9.17) is 0 Å². The molecule has 0 bridgehead atoms. The Labute approximate surface area is 165 Å². The van der Waals surface area contributed by atoms with Crippen LogP contribution in [0.3, 0.4) is 0 Å². The molecule has 29 heavy (non-hydrogen) atoms. The molecule has 0 fully saturated rings. The Morgan fingerprint density at radius 2 is 2.00 bits per heavy atom. The first kappa shape index (κ1) is 18.5. The van der Waals surface area contributed by atoms with Crippen molar-refractivity contribution in [1.82, 2.24) is 15.0 Å². The van der Waals surface area contributed by atoms with E-state index >= 15 is 0 Å². The molecule has 0 aliphatic heterocycles. The molecular formula is C21H17F2N5O. The standard InChI is InChI=1S/C21H17F2N5O/c1-12-8-25-15(9-24-12)10-27-19-5-3-14(7-18(19)23)26-11-17-16-4-2-13(22)6-20(16)28-21(17)29/h2-9,11,27-29H,10H2,1H3. The number of nitrogens with one attached hydrogen (secondary N) is 2. The lowest BCUT2D eigenvalue weighted by Gasteiger charge is -2.07. The van der Waals surface area contributed by atoms with Gasteiger partial charge in [-0.1, -0.05) is 0 Å². The van der Waals surface area contributed by atoms with E-state index in [1.54, 1.807) is 30.6 Å². The molecule has 0 radical (unpaired) electrons. The second-order valence-electron chi connectivity index (χ2n) is 6.50. The zero-order valence-electron chi connectivity index (χ0n) is 15.4. The summed E-state index contributed by atoms with van der Waals surface area (Å²) in [6.45, 7) is 2.18. The van der Waals surface area contributed by atoms with Crippen LogP contribution in [0.15, 0.2) is 53.8 Å². The van der Waals surface area contributed by atoms with E-state index in [9.17, 15) is 13.9 Å². The lowest BCUT2D eigenvalue weighted by atomic mass is 10.2. The predicted octanol–water partition coefficient (Wildman–Crippen LogP) is 4.61. The highest BCUT2D eigenvalue weighted by molar-refractivity contribution is 6.02. The molecule has 0 amide bonds. The van der Waals surface area contributed by atoms with Gasteiger partial charge in [0.2, 0.25) is 0 Å². The first-order valence-electron chi connectivity index (χ1n) is 8.85. The minimum absolute atomic E-state index is 0.132. The second kappa shape index (κ2) is 7.67. The number of H-pyrrole nitrogens is 1. The summed E-state index contributed by atoms with van der Waals surface area (Å²) >= 11 is 0. The molecule has 0 aliphatic rings. The van der Waals surface area contributed by atoms with Crippen LogP contribution in [0.25, 0.3) is 10.9 Å². The van der Waals surface area contributed by atoms with Crippen molar-refractivity contribution in [3.05, 3.63) is 77.4 Å². The van der Waals surface area contributed by atoms with Crippen molar-refractivity contribution in [2.24, 2.45) is 4.99 Å². The number of anilines is 1. The molecule has 2 aromatic heterocycles. The maximum atomic E-state index is 14.4. The average Bonchev–Trinajstić information content (AvgIpc) is 3.01. The third kappa shape index (κ3) is 4.06. The number of rotatable bonds is 5. The molecule has 0 saturated heterocycles. The highest BCUT2D eigenvalue weighted by Crippen LogP contribution is 2.27. The Bertz CT molecular complexity index is 1200. The maximum absolute atomic E-state index is 14.4. The number of aryl methyl sites for hydroxylation is 1. The summed E-state index contributed by atoms with van der Waals surface area (Å²) in [5.41, 5.74) is 3.06. The van der Waals surface area contributed by atoms with Gasteiger partial charge in [0.1, 0.15) is 11.6 Å². The molecule has 8 heteroatoms. The summed E-state index contributed by atoms with van der Waals surface area (Å²) in [4.78, 5) is 15.3. The molecule has 146 valence electrons. The number of benzene rings is 2. The highest BCUT2D eigenvalue weighted by Gasteiger charge is 2.10. The molecule has 0 atom stereocenters. The quantitative estimate of drug-likeness (QED) is 0.432. The van der Waals surface area contributed by atoms with Gasteiger partial charge < -0.3 is 15.4 Å². The van der Waals surface area contributed by atoms with Crippen molar-refractivity contribution in [2.75, 3.05) is 5.32 Å². The maximum Gasteiger partial charge on any atom is 0.198 e. The van der Waals surface area contributed by atoms with E-state index in [0.717, 1.165) is 5.69 Å². The van der Waals surface area contributed by atoms with Gasteiger partial charge in [0, 0.05) is 23.9 Å². The van der Waals surface area contributed by atoms with Crippen molar-refractivity contribution in [3.8, 4) is 5.88 Å². The number of nitrogens with zero attached hydrogens (tertiary/aromatic N) is 3. The Kier molecular flexibility index (Phi) is 4.90. The molecule has 2 heterocycles. The Morgan fingerprint density at radius 1 is 1.14 bits per heavy atom. The normalized spacial score (nSPS) is 11.4. The zero-order chi connectivity index (χ0) is 20.4. The molecule has 4 aromatic rings. The Morgan fingerprint density at radius 3 is 2.76 bits per heavy atom. The Hall–Kier alpha value is -3.81. The lowest BCUT2D eigenvalue weighted by Crippen LogP contribution is -2.04. The molecule has 0 saturated carbocycles. The Balaban J connectivity index is 1.51. The monoisotopic (exact) mass is 393 g/mol. The van der Waals surface area contributed by atoms with Crippen molar-refractivity contribution >= 4 is 28.5 Å². The molecule has 2 aromatic carbocycles. The van der Waals surface area contributed by atoms with E-state index in [2.05, 4.69) is 25.3 Å². The fraction of sp³-hybridized carbons (Fsp3) is 0.0952. The molecule has 0 unspecified atom stereocenters. The minimum Gasteiger partial charge on any atom is -0.494 e.